The SMILES string of the molecule is CC(C)Cn1nccc1NC(=O)C(=O)Nc1ccc2ncccc2c1. The second-order valence-corrected chi connectivity index (χ2v) is 6.11. The molecule has 128 valence electrons. The van der Waals surface area contributed by atoms with E-state index in [4.69, 9.17) is 0 Å². The smallest absolute Gasteiger partial charge is 0.315 e. The maximum atomic E-state index is 12.1. The summed E-state index contributed by atoms with van der Waals surface area (Å²) in [5.41, 5.74) is 1.36. The number of fused-ring (bicyclic) bond motifs is 1. The van der Waals surface area contributed by atoms with E-state index < -0.39 is 11.8 Å². The summed E-state index contributed by atoms with van der Waals surface area (Å²) >= 11 is 0. The fourth-order valence-electron chi connectivity index (χ4n) is 2.44. The number of rotatable bonds is 4. The monoisotopic (exact) mass is 337 g/mol. The molecule has 0 aliphatic heterocycles. The molecule has 2 aromatic heterocycles. The van der Waals surface area contributed by atoms with Gasteiger partial charge >= 0.3 is 11.8 Å². The summed E-state index contributed by atoms with van der Waals surface area (Å²) in [6.07, 6.45) is 3.29. The highest BCUT2D eigenvalue weighted by molar-refractivity contribution is 6.43. The molecule has 2 heterocycles. The summed E-state index contributed by atoms with van der Waals surface area (Å²) in [6.45, 7) is 4.76. The number of hydrogen-bond acceptors (Lipinski definition) is 4. The van der Waals surface area contributed by atoms with E-state index in [-0.39, 0.29) is 0 Å². The molecule has 0 aliphatic rings. The van der Waals surface area contributed by atoms with Gasteiger partial charge < -0.3 is 10.6 Å². The summed E-state index contributed by atoms with van der Waals surface area (Å²) in [7, 11) is 0. The Balaban J connectivity index is 1.68. The molecule has 0 atom stereocenters. The van der Waals surface area contributed by atoms with Gasteiger partial charge in [-0.25, -0.2) is 4.68 Å². The maximum absolute atomic E-state index is 12.1. The molecule has 0 saturated heterocycles. The van der Waals surface area contributed by atoms with Gasteiger partial charge in [0, 0.05) is 29.9 Å². The topological polar surface area (TPSA) is 88.9 Å². The highest BCUT2D eigenvalue weighted by atomic mass is 16.2. The minimum atomic E-state index is -0.739. The molecule has 0 saturated carbocycles. The average molecular weight is 337 g/mol. The molecule has 0 unspecified atom stereocenters. The molecular weight excluding hydrogens is 318 g/mol. The molecule has 0 spiro atoms. The van der Waals surface area contributed by atoms with E-state index in [2.05, 4.69) is 34.6 Å². The molecule has 1 aromatic carbocycles. The predicted octanol–water partition coefficient (Wildman–Crippen LogP) is 2.66. The Morgan fingerprint density at radius 1 is 1.08 bits per heavy atom. The summed E-state index contributed by atoms with van der Waals surface area (Å²) in [6, 6.07) is 10.6. The quantitative estimate of drug-likeness (QED) is 0.716. The molecule has 0 radical (unpaired) electrons. The van der Waals surface area contributed by atoms with E-state index in [1.165, 1.54) is 0 Å². The zero-order valence-corrected chi connectivity index (χ0v) is 14.1. The zero-order chi connectivity index (χ0) is 17.8. The van der Waals surface area contributed by atoms with E-state index in [1.54, 1.807) is 41.3 Å². The molecule has 2 amide bonds. The normalized spacial score (nSPS) is 10.8. The second kappa shape index (κ2) is 7.12. The lowest BCUT2D eigenvalue weighted by Crippen LogP contribution is -2.30. The van der Waals surface area contributed by atoms with Gasteiger partial charge in [0.1, 0.15) is 5.82 Å². The van der Waals surface area contributed by atoms with Crippen molar-refractivity contribution in [1.82, 2.24) is 14.8 Å². The molecule has 25 heavy (non-hydrogen) atoms. The Morgan fingerprint density at radius 2 is 1.88 bits per heavy atom. The standard InChI is InChI=1S/C18H19N5O2/c1-12(2)11-23-16(7-9-20-23)22-18(25)17(24)21-14-5-6-15-13(10-14)4-3-8-19-15/h3-10,12H,11H2,1-2H3,(H,21,24)(H,22,25). The van der Waals surface area contributed by atoms with Crippen molar-refractivity contribution in [3.8, 4) is 0 Å². The molecule has 3 aromatic rings. The number of hydrogen-bond donors (Lipinski definition) is 2. The van der Waals surface area contributed by atoms with Crippen molar-refractivity contribution in [2.75, 3.05) is 10.6 Å². The van der Waals surface area contributed by atoms with Crippen LogP contribution in [0.2, 0.25) is 0 Å². The number of anilines is 2. The Kier molecular flexibility index (Phi) is 4.74. The van der Waals surface area contributed by atoms with Crippen LogP contribution in [-0.4, -0.2) is 26.6 Å². The molecule has 0 aliphatic carbocycles. The maximum Gasteiger partial charge on any atom is 0.315 e. The highest BCUT2D eigenvalue weighted by Crippen LogP contribution is 2.17. The number of nitrogens with zero attached hydrogens (tertiary/aromatic N) is 3. The molecule has 0 bridgehead atoms. The van der Waals surface area contributed by atoms with Gasteiger partial charge in [0.05, 0.1) is 11.7 Å². The minimum Gasteiger partial charge on any atom is -0.318 e. The number of amides is 2. The lowest BCUT2D eigenvalue weighted by molar-refractivity contribution is -0.133. The van der Waals surface area contributed by atoms with Gasteiger partial charge in [0.15, 0.2) is 0 Å². The van der Waals surface area contributed by atoms with Crippen LogP contribution in [0.1, 0.15) is 13.8 Å². The van der Waals surface area contributed by atoms with E-state index in [0.29, 0.717) is 24.0 Å². The van der Waals surface area contributed by atoms with Crippen LogP contribution in [0.5, 0.6) is 0 Å². The molecule has 3 rings (SSSR count). The second-order valence-electron chi connectivity index (χ2n) is 6.11. The third-order valence-corrected chi connectivity index (χ3v) is 3.56. The van der Waals surface area contributed by atoms with Gasteiger partial charge in [-0.1, -0.05) is 19.9 Å². The highest BCUT2D eigenvalue weighted by Gasteiger charge is 2.16. The lowest BCUT2D eigenvalue weighted by Gasteiger charge is -2.11. The third kappa shape index (κ3) is 4.00. The van der Waals surface area contributed by atoms with Crippen LogP contribution in [0.3, 0.4) is 0 Å². The van der Waals surface area contributed by atoms with Crippen molar-refractivity contribution in [3.63, 3.8) is 0 Å². The van der Waals surface area contributed by atoms with E-state index >= 15 is 0 Å². The first-order valence-electron chi connectivity index (χ1n) is 8.02. The van der Waals surface area contributed by atoms with Gasteiger partial charge in [-0.2, -0.15) is 5.10 Å². The minimum absolute atomic E-state index is 0.371. The summed E-state index contributed by atoms with van der Waals surface area (Å²) < 4.78 is 1.66. The predicted molar refractivity (Wildman–Crippen MR) is 96.1 cm³/mol. The van der Waals surface area contributed by atoms with Crippen molar-refractivity contribution in [3.05, 3.63) is 48.8 Å². The zero-order valence-electron chi connectivity index (χ0n) is 14.1. The Morgan fingerprint density at radius 3 is 2.68 bits per heavy atom. The van der Waals surface area contributed by atoms with E-state index in [0.717, 1.165) is 10.9 Å². The lowest BCUT2D eigenvalue weighted by atomic mass is 10.2. The summed E-state index contributed by atoms with van der Waals surface area (Å²) in [4.78, 5) is 28.5. The molecular formula is C18H19N5O2. The summed E-state index contributed by atoms with van der Waals surface area (Å²) in [5.74, 6) is -0.607. The van der Waals surface area contributed by atoms with Gasteiger partial charge in [-0.15, -0.1) is 0 Å². The van der Waals surface area contributed by atoms with Crippen LogP contribution in [0.15, 0.2) is 48.8 Å². The Hall–Kier alpha value is -3.22. The molecule has 7 nitrogen and oxygen atoms in total. The van der Waals surface area contributed by atoms with Crippen molar-refractivity contribution >= 4 is 34.2 Å². The number of nitrogens with one attached hydrogen (secondary N) is 2. The first-order valence-corrected chi connectivity index (χ1v) is 8.02. The van der Waals surface area contributed by atoms with Crippen molar-refractivity contribution in [1.29, 1.82) is 0 Å². The Bertz CT molecular complexity index is 916. The van der Waals surface area contributed by atoms with Crippen molar-refractivity contribution < 1.29 is 9.59 Å². The van der Waals surface area contributed by atoms with Crippen molar-refractivity contribution in [2.24, 2.45) is 5.92 Å². The van der Waals surface area contributed by atoms with Crippen LogP contribution in [0.4, 0.5) is 11.5 Å². The first kappa shape index (κ1) is 16.6. The largest absolute Gasteiger partial charge is 0.318 e. The number of carbonyl (C=O) groups excluding carboxylic acids is 2. The van der Waals surface area contributed by atoms with E-state index in [9.17, 15) is 9.59 Å². The van der Waals surface area contributed by atoms with Gasteiger partial charge in [-0.05, 0) is 30.2 Å². The summed E-state index contributed by atoms with van der Waals surface area (Å²) in [5, 5.41) is 10.2. The first-order chi connectivity index (χ1) is 12.0. The van der Waals surface area contributed by atoms with Crippen LogP contribution in [0.25, 0.3) is 10.9 Å². The average Bonchev–Trinajstić information content (AvgIpc) is 3.00. The van der Waals surface area contributed by atoms with Crippen LogP contribution in [-0.2, 0) is 16.1 Å². The van der Waals surface area contributed by atoms with Crippen molar-refractivity contribution in [2.45, 2.75) is 20.4 Å². The van der Waals surface area contributed by atoms with Gasteiger partial charge in [-0.3, -0.25) is 14.6 Å². The van der Waals surface area contributed by atoms with Crippen LogP contribution >= 0.6 is 0 Å². The number of pyridine rings is 1. The number of aromatic nitrogens is 3. The molecule has 0 fully saturated rings. The van der Waals surface area contributed by atoms with Gasteiger partial charge in [0.25, 0.3) is 0 Å². The number of benzene rings is 1. The molecule has 2 N–H and O–H groups in total. The van der Waals surface area contributed by atoms with Gasteiger partial charge in [0.2, 0.25) is 0 Å². The number of carbonyl (C=O) groups is 2. The van der Waals surface area contributed by atoms with E-state index in [1.807, 2.05) is 12.1 Å². The molecule has 7 heteroatoms. The van der Waals surface area contributed by atoms with Crippen LogP contribution < -0.4 is 10.6 Å². The fraction of sp³-hybridized carbons (Fsp3) is 0.222. The third-order valence-electron chi connectivity index (χ3n) is 3.56. The Labute approximate surface area is 145 Å². The fourth-order valence-corrected chi connectivity index (χ4v) is 2.44. The van der Waals surface area contributed by atoms with Crippen LogP contribution in [0, 0.1) is 5.92 Å².